The summed E-state index contributed by atoms with van der Waals surface area (Å²) in [5.74, 6) is 3.21. The van der Waals surface area contributed by atoms with Crippen LogP contribution in [0, 0.1) is 17.8 Å². The minimum absolute atomic E-state index is 0.0659. The van der Waals surface area contributed by atoms with Crippen LogP contribution in [-0.2, 0) is 16.6 Å². The summed E-state index contributed by atoms with van der Waals surface area (Å²) in [6, 6.07) is 7.25. The fraction of sp³-hybridized carbons (Fsp3) is 0.682. The van der Waals surface area contributed by atoms with Crippen molar-refractivity contribution in [3.8, 4) is 5.75 Å². The Morgan fingerprint density at radius 3 is 2.92 bits per heavy atom. The molecule has 1 aliphatic heterocycles. The third kappa shape index (κ3) is 2.38. The predicted molar refractivity (Wildman–Crippen MR) is 98.0 cm³/mol. The average molecular weight is 339 g/mol. The summed E-state index contributed by atoms with van der Waals surface area (Å²) in [6.45, 7) is 4.60. The molecule has 0 radical (unpaired) electrons. The Balaban J connectivity index is 1.60. The second kappa shape index (κ2) is 5.57. The smallest absolute Gasteiger partial charge is 0.136 e. The number of fused-ring (bicyclic) bond motifs is 1. The number of ketones is 1. The second-order valence-corrected chi connectivity index (χ2v) is 9.03. The van der Waals surface area contributed by atoms with E-state index in [9.17, 15) is 4.79 Å². The van der Waals surface area contributed by atoms with Gasteiger partial charge in [0.25, 0.3) is 0 Å². The number of methoxy groups -OCH3 is 1. The van der Waals surface area contributed by atoms with Crippen LogP contribution in [0.1, 0.15) is 50.2 Å². The van der Waals surface area contributed by atoms with E-state index in [-0.39, 0.29) is 11.3 Å². The van der Waals surface area contributed by atoms with Gasteiger partial charge in [-0.05, 0) is 73.7 Å². The second-order valence-electron chi connectivity index (χ2n) is 9.03. The molecule has 1 saturated heterocycles. The molecule has 0 unspecified atom stereocenters. The first-order chi connectivity index (χ1) is 12.1. The van der Waals surface area contributed by atoms with Crippen LogP contribution in [0.5, 0.6) is 5.75 Å². The fourth-order valence-electron chi connectivity index (χ4n) is 6.03. The Labute approximate surface area is 150 Å². The first kappa shape index (κ1) is 15.9. The summed E-state index contributed by atoms with van der Waals surface area (Å²) in [5, 5.41) is 0. The summed E-state index contributed by atoms with van der Waals surface area (Å²) in [6.07, 6.45) is 6.94. The first-order valence-electron chi connectivity index (χ1n) is 10.0. The molecular weight excluding hydrogens is 310 g/mol. The molecule has 4 aliphatic rings. The van der Waals surface area contributed by atoms with Crippen molar-refractivity contribution in [1.82, 2.24) is 4.90 Å². The standard InChI is InChI=1S/C22H29NO2/c1-14-9-19-20-10-16-5-6-17(25-2)11-18(16)22(19,12-21(14)24)7-8-23(20)13-15-3-4-15/h5-6,11,14-15,19-20H,3-4,7-10,12-13H2,1-2H3/t14-,19-,20+,22+/m0/s1. The number of hydrogen-bond donors (Lipinski definition) is 0. The molecule has 3 aliphatic carbocycles. The lowest BCUT2D eigenvalue weighted by atomic mass is 9.50. The summed E-state index contributed by atoms with van der Waals surface area (Å²) in [5.41, 5.74) is 2.96. The van der Waals surface area contributed by atoms with Crippen LogP contribution in [0.2, 0.25) is 0 Å². The van der Waals surface area contributed by atoms with Crippen molar-refractivity contribution in [2.24, 2.45) is 17.8 Å². The third-order valence-electron chi connectivity index (χ3n) is 7.61. The van der Waals surface area contributed by atoms with E-state index >= 15 is 0 Å². The molecule has 0 amide bonds. The number of Topliss-reactive ketones (excluding diaryl/α,β-unsaturated/α-hetero) is 1. The zero-order valence-corrected chi connectivity index (χ0v) is 15.5. The van der Waals surface area contributed by atoms with Crippen LogP contribution in [0.25, 0.3) is 0 Å². The van der Waals surface area contributed by atoms with E-state index in [1.807, 2.05) is 0 Å². The van der Waals surface area contributed by atoms with Crippen molar-refractivity contribution in [1.29, 1.82) is 0 Å². The first-order valence-corrected chi connectivity index (χ1v) is 10.0. The van der Waals surface area contributed by atoms with Crippen LogP contribution < -0.4 is 4.74 Å². The number of carbonyl (C=O) groups is 1. The number of likely N-dealkylation sites (tertiary alicyclic amines) is 1. The van der Waals surface area contributed by atoms with E-state index in [0.717, 1.165) is 43.9 Å². The molecule has 2 saturated carbocycles. The van der Waals surface area contributed by atoms with Crippen molar-refractivity contribution in [3.05, 3.63) is 29.3 Å². The Morgan fingerprint density at radius 1 is 1.32 bits per heavy atom. The van der Waals surface area contributed by atoms with Gasteiger partial charge in [-0.15, -0.1) is 0 Å². The van der Waals surface area contributed by atoms with E-state index in [1.165, 1.54) is 30.5 Å². The van der Waals surface area contributed by atoms with Gasteiger partial charge in [0.2, 0.25) is 0 Å². The van der Waals surface area contributed by atoms with Crippen LogP contribution in [0.3, 0.4) is 0 Å². The SMILES string of the molecule is COc1ccc2c(c1)[C@]13CCN(CC4CC4)[C@H](C2)[C@@H]1C[C@H](C)C(=O)C3. The lowest BCUT2D eigenvalue weighted by Gasteiger charge is -2.59. The highest BCUT2D eigenvalue weighted by Gasteiger charge is 2.57. The minimum atomic E-state index is 0.0659. The normalized spacial score (nSPS) is 37.4. The monoisotopic (exact) mass is 339 g/mol. The maximum atomic E-state index is 12.7. The molecule has 3 heteroatoms. The molecule has 1 heterocycles. The molecule has 4 atom stereocenters. The van der Waals surface area contributed by atoms with Crippen LogP contribution in [0.15, 0.2) is 18.2 Å². The lowest BCUT2D eigenvalue weighted by molar-refractivity contribution is -0.132. The number of nitrogens with zero attached hydrogens (tertiary/aromatic N) is 1. The largest absolute Gasteiger partial charge is 0.497 e. The maximum Gasteiger partial charge on any atom is 0.136 e. The van der Waals surface area contributed by atoms with Gasteiger partial charge in [0, 0.05) is 30.3 Å². The summed E-state index contributed by atoms with van der Waals surface area (Å²) < 4.78 is 5.53. The van der Waals surface area contributed by atoms with Gasteiger partial charge >= 0.3 is 0 Å². The molecule has 0 aromatic heterocycles. The van der Waals surface area contributed by atoms with Crippen LogP contribution in [-0.4, -0.2) is 36.9 Å². The molecule has 0 N–H and O–H groups in total. The number of piperidine rings is 1. The Bertz CT molecular complexity index is 710. The van der Waals surface area contributed by atoms with Crippen molar-refractivity contribution in [2.45, 2.75) is 56.9 Å². The Kier molecular flexibility index (Phi) is 3.54. The summed E-state index contributed by atoms with van der Waals surface area (Å²) >= 11 is 0. The number of carbonyl (C=O) groups excluding carboxylic acids is 1. The lowest BCUT2D eigenvalue weighted by Crippen LogP contribution is -2.63. The molecular formula is C22H29NO2. The molecule has 0 spiro atoms. The highest BCUT2D eigenvalue weighted by atomic mass is 16.5. The van der Waals surface area contributed by atoms with Gasteiger partial charge in [-0.2, -0.15) is 0 Å². The van der Waals surface area contributed by atoms with Crippen LogP contribution >= 0.6 is 0 Å². The minimum Gasteiger partial charge on any atom is -0.497 e. The van der Waals surface area contributed by atoms with Gasteiger partial charge in [-0.1, -0.05) is 13.0 Å². The quantitative estimate of drug-likeness (QED) is 0.843. The number of benzene rings is 1. The zero-order valence-electron chi connectivity index (χ0n) is 15.5. The van der Waals surface area contributed by atoms with E-state index in [2.05, 4.69) is 30.0 Å². The maximum absolute atomic E-state index is 12.7. The van der Waals surface area contributed by atoms with Crippen molar-refractivity contribution in [3.63, 3.8) is 0 Å². The topological polar surface area (TPSA) is 29.5 Å². The van der Waals surface area contributed by atoms with E-state index in [1.54, 1.807) is 7.11 Å². The zero-order chi connectivity index (χ0) is 17.2. The van der Waals surface area contributed by atoms with Crippen molar-refractivity contribution >= 4 is 5.78 Å². The van der Waals surface area contributed by atoms with Gasteiger partial charge in [0.1, 0.15) is 11.5 Å². The van der Waals surface area contributed by atoms with Crippen molar-refractivity contribution in [2.75, 3.05) is 20.2 Å². The fourth-order valence-corrected chi connectivity index (χ4v) is 6.03. The average Bonchev–Trinajstić information content (AvgIpc) is 3.42. The molecule has 5 rings (SSSR count). The van der Waals surface area contributed by atoms with E-state index < -0.39 is 0 Å². The van der Waals surface area contributed by atoms with Gasteiger partial charge in [-0.25, -0.2) is 0 Å². The van der Waals surface area contributed by atoms with Gasteiger partial charge in [0.05, 0.1) is 7.11 Å². The molecule has 2 bridgehead atoms. The molecule has 25 heavy (non-hydrogen) atoms. The molecule has 1 aromatic rings. The molecule has 3 nitrogen and oxygen atoms in total. The Hall–Kier alpha value is -1.35. The van der Waals surface area contributed by atoms with E-state index in [0.29, 0.717) is 17.7 Å². The highest BCUT2D eigenvalue weighted by molar-refractivity contribution is 5.83. The Morgan fingerprint density at radius 2 is 2.16 bits per heavy atom. The molecule has 3 fully saturated rings. The number of rotatable bonds is 3. The van der Waals surface area contributed by atoms with Crippen molar-refractivity contribution < 1.29 is 9.53 Å². The third-order valence-corrected chi connectivity index (χ3v) is 7.61. The predicted octanol–water partition coefficient (Wildman–Crippen LogP) is 3.59. The van der Waals surface area contributed by atoms with Gasteiger partial charge < -0.3 is 4.74 Å². The molecule has 134 valence electrons. The highest BCUT2D eigenvalue weighted by Crippen LogP contribution is 2.56. The van der Waals surface area contributed by atoms with Gasteiger partial charge in [0.15, 0.2) is 0 Å². The van der Waals surface area contributed by atoms with E-state index in [4.69, 9.17) is 4.74 Å². The summed E-state index contributed by atoms with van der Waals surface area (Å²) in [4.78, 5) is 15.5. The summed E-state index contributed by atoms with van der Waals surface area (Å²) in [7, 11) is 1.74. The molecule has 1 aromatic carbocycles. The van der Waals surface area contributed by atoms with Crippen LogP contribution in [0.4, 0.5) is 0 Å². The van der Waals surface area contributed by atoms with Gasteiger partial charge in [-0.3, -0.25) is 9.69 Å². The number of ether oxygens (including phenoxy) is 1. The number of hydrogen-bond acceptors (Lipinski definition) is 3.